The zero-order valence-electron chi connectivity index (χ0n) is 29.9. The molecule has 0 saturated carbocycles. The first-order valence-electron chi connectivity index (χ1n) is 16.9. The van der Waals surface area contributed by atoms with Gasteiger partial charge in [0.1, 0.15) is 30.9 Å². The monoisotopic (exact) mass is 769 g/mol. The fraction of sp³-hybridized carbons (Fsp3) is 0.733. The molecule has 1 aliphatic heterocycles. The number of alkyl halides is 3. The maximum absolute atomic E-state index is 13.5. The molecule has 20 nitrogen and oxygen atoms in total. The lowest BCUT2D eigenvalue weighted by molar-refractivity contribution is -0.192. The highest BCUT2D eigenvalue weighted by Crippen LogP contribution is 2.13. The van der Waals surface area contributed by atoms with Crippen LogP contribution in [-0.4, -0.2) is 122 Å². The number of guanidine groups is 1. The number of hydrogen-bond acceptors (Lipinski definition) is 11. The molecule has 1 rings (SSSR count). The summed E-state index contributed by atoms with van der Waals surface area (Å²) in [5.41, 5.74) is 22.2. The van der Waals surface area contributed by atoms with E-state index >= 15 is 0 Å². The van der Waals surface area contributed by atoms with Crippen LogP contribution >= 0.6 is 0 Å². The summed E-state index contributed by atoms with van der Waals surface area (Å²) in [6.45, 7) is 3.53. The number of nitrogens with two attached hydrogens (primary N) is 4. The van der Waals surface area contributed by atoms with Crippen molar-refractivity contribution >= 4 is 47.4 Å². The van der Waals surface area contributed by atoms with Gasteiger partial charge in [-0.25, -0.2) is 9.79 Å². The minimum Gasteiger partial charge on any atom is -0.475 e. The van der Waals surface area contributed by atoms with E-state index in [1.807, 2.05) is 0 Å². The zero-order valence-corrected chi connectivity index (χ0v) is 29.9. The average molecular weight is 770 g/mol. The molecule has 15 N–H and O–H groups in total. The molecular weight excluding hydrogens is 715 g/mol. The van der Waals surface area contributed by atoms with Crippen LogP contribution in [0.25, 0.3) is 0 Å². The van der Waals surface area contributed by atoms with E-state index in [4.69, 9.17) is 37.6 Å². The lowest BCUT2D eigenvalue weighted by Gasteiger charge is -2.27. The van der Waals surface area contributed by atoms with Gasteiger partial charge in [-0.3, -0.25) is 28.8 Å². The number of halogens is 3. The third kappa shape index (κ3) is 22.0. The van der Waals surface area contributed by atoms with Crippen LogP contribution in [0.2, 0.25) is 0 Å². The van der Waals surface area contributed by atoms with E-state index in [2.05, 4.69) is 36.9 Å². The van der Waals surface area contributed by atoms with E-state index in [9.17, 15) is 41.9 Å². The average Bonchev–Trinajstić information content (AvgIpc) is 3.07. The second kappa shape index (κ2) is 26.1. The van der Waals surface area contributed by atoms with Crippen molar-refractivity contribution in [1.29, 1.82) is 0 Å². The van der Waals surface area contributed by atoms with Crippen LogP contribution in [0, 0.1) is 5.92 Å². The molecule has 0 aromatic carbocycles. The Labute approximate surface area is 304 Å². The number of amides is 6. The number of aliphatic imine (C=N–C) groups is 1. The summed E-state index contributed by atoms with van der Waals surface area (Å²) in [4.78, 5) is 90.2. The molecule has 0 aromatic heterocycles. The summed E-state index contributed by atoms with van der Waals surface area (Å²) in [7, 11) is 0. The number of ether oxygens (including phenoxy) is 1. The van der Waals surface area contributed by atoms with Crippen molar-refractivity contribution in [2.24, 2.45) is 33.8 Å². The molecule has 1 aliphatic rings. The van der Waals surface area contributed by atoms with E-state index in [1.54, 1.807) is 13.8 Å². The molecule has 1 saturated heterocycles. The Balaban J connectivity index is 0.00000348. The Morgan fingerprint density at radius 2 is 1.38 bits per heavy atom. The largest absolute Gasteiger partial charge is 0.490 e. The molecule has 53 heavy (non-hydrogen) atoms. The lowest BCUT2D eigenvalue weighted by Crippen LogP contribution is -2.57. The van der Waals surface area contributed by atoms with Crippen LogP contribution < -0.4 is 54.8 Å². The number of aliphatic carboxylic acids is 1. The molecule has 304 valence electrons. The number of rotatable bonds is 10. The number of carbonyl (C=O) groups is 7. The van der Waals surface area contributed by atoms with Gasteiger partial charge in [0.05, 0.1) is 13.2 Å². The number of nitrogens with zero attached hydrogens (tertiary/aromatic N) is 1. The normalized spacial score (nSPS) is 22.0. The van der Waals surface area contributed by atoms with Gasteiger partial charge in [0, 0.05) is 19.4 Å². The van der Waals surface area contributed by atoms with Crippen LogP contribution in [0.3, 0.4) is 0 Å². The fourth-order valence-corrected chi connectivity index (χ4v) is 4.45. The van der Waals surface area contributed by atoms with E-state index in [-0.39, 0.29) is 57.4 Å². The molecule has 0 radical (unpaired) electrons. The van der Waals surface area contributed by atoms with Gasteiger partial charge >= 0.3 is 12.1 Å². The Kier molecular flexibility index (Phi) is 23.7. The van der Waals surface area contributed by atoms with E-state index in [0.29, 0.717) is 38.8 Å². The number of nitrogens with one attached hydrogen (secondary N) is 6. The van der Waals surface area contributed by atoms with Gasteiger partial charge in [-0.05, 0) is 57.5 Å². The minimum atomic E-state index is -5.08. The highest BCUT2D eigenvalue weighted by Gasteiger charge is 2.38. The molecule has 0 spiro atoms. The molecule has 0 unspecified atom stereocenters. The van der Waals surface area contributed by atoms with Crippen molar-refractivity contribution in [2.45, 2.75) is 95.6 Å². The van der Waals surface area contributed by atoms with E-state index in [0.717, 1.165) is 0 Å². The van der Waals surface area contributed by atoms with Crippen molar-refractivity contribution in [1.82, 2.24) is 31.9 Å². The summed E-state index contributed by atoms with van der Waals surface area (Å²) >= 11 is 0. The summed E-state index contributed by atoms with van der Waals surface area (Å²) in [5, 5.41) is 22.8. The van der Waals surface area contributed by atoms with Crippen LogP contribution in [-0.2, 0) is 38.3 Å². The van der Waals surface area contributed by atoms with Crippen molar-refractivity contribution in [3.05, 3.63) is 0 Å². The second-order valence-corrected chi connectivity index (χ2v) is 12.1. The summed E-state index contributed by atoms with van der Waals surface area (Å²) in [6.07, 6.45) is -2.36. The SMILES string of the molecule is CC(C)[C@H]1NC(=O)CCNC(=O)CNC(=O)[C@H](N=C(N)N)CCOCNC(=O)[C@H](CCCCN)NC(=O)[C@H](CCCCN)NC1=O.O=C(O)C(F)(F)F. The van der Waals surface area contributed by atoms with E-state index in [1.165, 1.54) is 0 Å². The standard InChI is InChI=1S/C28H53N11O7.C2HF3O2/c1-17(2)23-27(45)37-19(8-4-6-12-30)26(44)36-18(7-3-5-11-29)25(43)35-16-46-14-10-20(38-28(31)32)24(42)34-15-22(41)33-13-9-21(40)39-23;3-2(4,5)1(6)7/h17-20,23H,3-16,29-30H2,1-2H3,(H,33,41)(H,34,42)(H,35,43)(H,36,44)(H,37,45)(H,39,40)(H4,31,32,38);(H,6,7)/t18-,19-,20+,23+;/m0./s1. The van der Waals surface area contributed by atoms with Crippen molar-refractivity contribution in [3.63, 3.8) is 0 Å². The molecular formula is C30H54F3N11O9. The molecule has 4 atom stereocenters. The van der Waals surface area contributed by atoms with Gasteiger partial charge in [0.2, 0.25) is 35.4 Å². The number of hydrogen-bond donors (Lipinski definition) is 11. The highest BCUT2D eigenvalue weighted by atomic mass is 19.4. The Morgan fingerprint density at radius 3 is 1.89 bits per heavy atom. The van der Waals surface area contributed by atoms with Gasteiger partial charge in [0.25, 0.3) is 0 Å². The number of carboxylic acids is 1. The molecule has 1 fully saturated rings. The number of unbranched alkanes of at least 4 members (excludes halogenated alkanes) is 2. The van der Waals surface area contributed by atoms with Crippen LogP contribution in [0.15, 0.2) is 4.99 Å². The van der Waals surface area contributed by atoms with Crippen molar-refractivity contribution in [3.8, 4) is 0 Å². The maximum atomic E-state index is 13.5. The Morgan fingerprint density at radius 1 is 0.830 bits per heavy atom. The quantitative estimate of drug-likeness (QED) is 0.0592. The Hall–Kier alpha value is -4.77. The van der Waals surface area contributed by atoms with Gasteiger partial charge in [-0.2, -0.15) is 13.2 Å². The van der Waals surface area contributed by atoms with E-state index < -0.39 is 78.3 Å². The highest BCUT2D eigenvalue weighted by molar-refractivity contribution is 5.94. The van der Waals surface area contributed by atoms with Gasteiger partial charge in [0.15, 0.2) is 5.96 Å². The molecule has 6 amide bonds. The minimum absolute atomic E-state index is 0.0270. The Bertz CT molecular complexity index is 1240. The number of carboxylic acid groups (broad SMARTS) is 1. The predicted octanol–water partition coefficient (Wildman–Crippen LogP) is -3.25. The summed E-state index contributed by atoms with van der Waals surface area (Å²) in [5.74, 6) is -6.82. The van der Waals surface area contributed by atoms with Gasteiger partial charge in [-0.1, -0.05) is 13.8 Å². The zero-order chi connectivity index (χ0) is 40.6. The molecule has 0 aliphatic carbocycles. The molecule has 1 heterocycles. The fourth-order valence-electron chi connectivity index (χ4n) is 4.45. The summed E-state index contributed by atoms with van der Waals surface area (Å²) < 4.78 is 37.2. The van der Waals surface area contributed by atoms with Gasteiger partial charge in [-0.15, -0.1) is 0 Å². The van der Waals surface area contributed by atoms with Gasteiger partial charge < -0.3 is 64.7 Å². The topological polar surface area (TPSA) is 338 Å². The third-order valence-corrected chi connectivity index (χ3v) is 7.26. The first kappa shape index (κ1) is 48.2. The third-order valence-electron chi connectivity index (χ3n) is 7.26. The molecule has 23 heteroatoms. The first-order valence-corrected chi connectivity index (χ1v) is 16.9. The summed E-state index contributed by atoms with van der Waals surface area (Å²) in [6, 6.07) is -4.01. The smallest absolute Gasteiger partial charge is 0.475 e. The maximum Gasteiger partial charge on any atom is 0.490 e. The van der Waals surface area contributed by atoms with Crippen molar-refractivity contribution < 1.29 is 56.6 Å². The molecule has 0 bridgehead atoms. The first-order chi connectivity index (χ1) is 24.8. The molecule has 0 aromatic rings. The number of carbonyl (C=O) groups excluding carboxylic acids is 6. The second-order valence-electron chi connectivity index (χ2n) is 12.1. The van der Waals surface area contributed by atoms with Crippen LogP contribution in [0.4, 0.5) is 13.2 Å². The van der Waals surface area contributed by atoms with Crippen LogP contribution in [0.1, 0.15) is 65.2 Å². The van der Waals surface area contributed by atoms with Crippen LogP contribution in [0.5, 0.6) is 0 Å². The predicted molar refractivity (Wildman–Crippen MR) is 184 cm³/mol. The van der Waals surface area contributed by atoms with Crippen molar-refractivity contribution in [2.75, 3.05) is 39.5 Å². The lowest BCUT2D eigenvalue weighted by atomic mass is 10.0.